The molecule has 1 N–H and O–H groups in total. The van der Waals surface area contributed by atoms with E-state index in [1.165, 1.54) is 86.4 Å². The van der Waals surface area contributed by atoms with Gasteiger partial charge in [0.2, 0.25) is 0 Å². The lowest BCUT2D eigenvalue weighted by atomic mass is 9.58. The second kappa shape index (κ2) is 14.3. The van der Waals surface area contributed by atoms with Gasteiger partial charge in [0.1, 0.15) is 11.5 Å². The minimum Gasteiger partial charge on any atom is -0.455 e. The Morgan fingerprint density at radius 3 is 1.90 bits per heavy atom. The summed E-state index contributed by atoms with van der Waals surface area (Å²) in [6.07, 6.45) is 2.30. The number of fused-ring (bicyclic) bond motifs is 10. The maximum Gasteiger partial charge on any atom is 0.197 e. The van der Waals surface area contributed by atoms with Crippen LogP contribution in [0.4, 0.5) is 11.4 Å². The van der Waals surface area contributed by atoms with Crippen molar-refractivity contribution < 1.29 is 4.42 Å². The Hall–Kier alpha value is -6.82. The molecule has 0 saturated carbocycles. The van der Waals surface area contributed by atoms with Crippen LogP contribution >= 0.6 is 11.3 Å². The zero-order valence-corrected chi connectivity index (χ0v) is 40.1. The molecule has 4 heterocycles. The molecule has 0 fully saturated rings. The third-order valence-electron chi connectivity index (χ3n) is 15.3. The molecule has 3 aromatic heterocycles. The Morgan fingerprint density at radius 1 is 0.567 bits per heavy atom. The Bertz CT molecular complexity index is 3820. The number of rotatable bonds is 5. The summed E-state index contributed by atoms with van der Waals surface area (Å²) in [5.74, 6) is 1.78. The number of thiophene rings is 1. The van der Waals surface area contributed by atoms with Gasteiger partial charge in [-0.3, -0.25) is 0 Å². The van der Waals surface area contributed by atoms with Gasteiger partial charge < -0.3 is 14.3 Å². The molecule has 0 atom stereocenters. The first kappa shape index (κ1) is 40.5. The highest BCUT2D eigenvalue weighted by atomic mass is 32.1. The zero-order valence-electron chi connectivity index (χ0n) is 39.3. The Labute approximate surface area is 397 Å². The molecule has 0 amide bonds. The van der Waals surface area contributed by atoms with Crippen LogP contribution in [-0.4, -0.2) is 11.8 Å². The number of aromatic nitrogens is 1. The van der Waals surface area contributed by atoms with Gasteiger partial charge in [0, 0.05) is 81.0 Å². The molecule has 8 aromatic carbocycles. The first-order chi connectivity index (χ1) is 32.3. The molecule has 325 valence electrons. The molecule has 5 heteroatoms. The van der Waals surface area contributed by atoms with E-state index in [1.807, 2.05) is 11.3 Å². The molecule has 0 saturated heterocycles. The molecule has 0 unspecified atom stereocenters. The summed E-state index contributed by atoms with van der Waals surface area (Å²) in [4.78, 5) is 0. The molecule has 3 nitrogen and oxygen atoms in total. The highest BCUT2D eigenvalue weighted by molar-refractivity contribution is 7.25. The van der Waals surface area contributed by atoms with E-state index in [0.717, 1.165) is 57.6 Å². The van der Waals surface area contributed by atoms with Crippen molar-refractivity contribution >= 4 is 93.7 Å². The summed E-state index contributed by atoms with van der Waals surface area (Å²) >= 11 is 1.89. The van der Waals surface area contributed by atoms with Crippen LogP contribution in [0.5, 0.6) is 0 Å². The molecule has 67 heavy (non-hydrogen) atoms. The molecule has 0 spiro atoms. The van der Waals surface area contributed by atoms with Crippen molar-refractivity contribution in [2.24, 2.45) is 0 Å². The third-order valence-corrected chi connectivity index (χ3v) is 16.4. The predicted molar refractivity (Wildman–Crippen MR) is 288 cm³/mol. The van der Waals surface area contributed by atoms with Crippen molar-refractivity contribution in [3.8, 4) is 39.5 Å². The highest BCUT2D eigenvalue weighted by Crippen LogP contribution is 2.50. The number of benzene rings is 8. The molecule has 0 bridgehead atoms. The summed E-state index contributed by atoms with van der Waals surface area (Å²) in [6, 6.07) is 58.7. The van der Waals surface area contributed by atoms with Crippen molar-refractivity contribution in [1.29, 1.82) is 0 Å². The van der Waals surface area contributed by atoms with Gasteiger partial charge >= 0.3 is 0 Å². The summed E-state index contributed by atoms with van der Waals surface area (Å²) < 4.78 is 12.2. The fraction of sp³-hybridized carbons (Fsp3) is 0.194. The minimum atomic E-state index is 0.0325. The van der Waals surface area contributed by atoms with Crippen LogP contribution in [0.25, 0.3) is 92.2 Å². The SMILES string of the molecule is CC(C)(C)c1ccc(Nc2cc3c(cc2-c2ccc4c5cc6c(cc5n5c4c2[B]c2cc4c(-c7ccccc7)oc(-c7ccccc7)c4cc2-5)sc2ccccc26)C(C)(C)CCC3(C)C)cc1. The van der Waals surface area contributed by atoms with E-state index in [1.54, 1.807) is 0 Å². The maximum absolute atomic E-state index is 7.02. The lowest BCUT2D eigenvalue weighted by Gasteiger charge is -2.42. The first-order valence-corrected chi connectivity index (χ1v) is 24.7. The van der Waals surface area contributed by atoms with Gasteiger partial charge in [-0.15, -0.1) is 11.3 Å². The second-order valence-corrected chi connectivity index (χ2v) is 22.6. The monoisotopic (exact) mass is 883 g/mol. The van der Waals surface area contributed by atoms with Crippen molar-refractivity contribution in [3.63, 3.8) is 0 Å². The van der Waals surface area contributed by atoms with E-state index >= 15 is 0 Å². The van der Waals surface area contributed by atoms with Gasteiger partial charge in [0.05, 0.1) is 5.52 Å². The molecular weight excluding hydrogens is 832 g/mol. The van der Waals surface area contributed by atoms with Gasteiger partial charge in [0.15, 0.2) is 7.28 Å². The second-order valence-electron chi connectivity index (χ2n) is 21.5. The van der Waals surface area contributed by atoms with Gasteiger partial charge in [-0.1, -0.05) is 163 Å². The maximum atomic E-state index is 7.02. The van der Waals surface area contributed by atoms with Crippen LogP contribution < -0.4 is 16.2 Å². The normalized spacial score (nSPS) is 15.0. The van der Waals surface area contributed by atoms with E-state index in [0.29, 0.717) is 0 Å². The van der Waals surface area contributed by atoms with Gasteiger partial charge in [0.25, 0.3) is 0 Å². The average molecular weight is 884 g/mol. The standard InChI is InChI=1S/C62H52BN2OS/c1-60(2,3)38-22-24-39(25-23-38)64-51-34-49-48(61(4,5)28-29-62(49,6)7)31-43(51)41-26-27-42-44-30-45-40-20-14-15-21-54(40)67-55(45)35-52(44)65-53-33-47-46(32-50(53)63-56(41)57(42)65)58(36-16-10-8-11-17-36)66-59(47)37-18-12-9-13-19-37/h8-27,30-35,64H,28-29H2,1-7H3. The predicted octanol–water partition coefficient (Wildman–Crippen LogP) is 16.3. The van der Waals surface area contributed by atoms with E-state index in [9.17, 15) is 0 Å². The van der Waals surface area contributed by atoms with Crippen LogP contribution in [0.2, 0.25) is 0 Å². The van der Waals surface area contributed by atoms with Crippen LogP contribution in [0, 0.1) is 0 Å². The summed E-state index contributed by atoms with van der Waals surface area (Å²) in [7, 11) is 2.48. The molecule has 1 radical (unpaired) electrons. The van der Waals surface area contributed by atoms with Gasteiger partial charge in [-0.05, 0) is 105 Å². The molecule has 13 rings (SSSR count). The highest BCUT2D eigenvalue weighted by Gasteiger charge is 2.39. The van der Waals surface area contributed by atoms with Gasteiger partial charge in [-0.25, -0.2) is 0 Å². The van der Waals surface area contributed by atoms with E-state index < -0.39 is 0 Å². The first-order valence-electron chi connectivity index (χ1n) is 23.9. The third kappa shape index (κ3) is 6.24. The zero-order chi connectivity index (χ0) is 45.6. The Balaban J connectivity index is 1.12. The quantitative estimate of drug-likeness (QED) is 0.175. The lowest BCUT2D eigenvalue weighted by molar-refractivity contribution is 0.332. The minimum absolute atomic E-state index is 0.0325. The summed E-state index contributed by atoms with van der Waals surface area (Å²) in [6.45, 7) is 16.6. The van der Waals surface area contributed by atoms with Crippen LogP contribution in [0.15, 0.2) is 162 Å². The summed E-state index contributed by atoms with van der Waals surface area (Å²) in [5, 5.41) is 11.4. The Kier molecular flexibility index (Phi) is 8.66. The van der Waals surface area contributed by atoms with Crippen molar-refractivity contribution in [1.82, 2.24) is 4.57 Å². The van der Waals surface area contributed by atoms with Crippen molar-refractivity contribution in [2.45, 2.75) is 77.6 Å². The van der Waals surface area contributed by atoms with E-state index in [4.69, 9.17) is 4.42 Å². The van der Waals surface area contributed by atoms with Crippen molar-refractivity contribution in [3.05, 3.63) is 174 Å². The molecular formula is C62H52BN2OS. The lowest BCUT2D eigenvalue weighted by Crippen LogP contribution is -2.37. The van der Waals surface area contributed by atoms with E-state index in [-0.39, 0.29) is 16.2 Å². The molecule has 1 aliphatic carbocycles. The molecule has 2 aliphatic rings. The fourth-order valence-corrected chi connectivity index (χ4v) is 12.5. The van der Waals surface area contributed by atoms with Crippen molar-refractivity contribution in [2.75, 3.05) is 5.32 Å². The summed E-state index contributed by atoms with van der Waals surface area (Å²) in [5.41, 5.74) is 17.2. The smallest absolute Gasteiger partial charge is 0.197 e. The number of hydrogen-bond donors (Lipinski definition) is 1. The molecule has 11 aromatic rings. The number of hydrogen-bond acceptors (Lipinski definition) is 3. The van der Waals surface area contributed by atoms with E-state index in [2.05, 4.69) is 223 Å². The van der Waals surface area contributed by atoms with Crippen LogP contribution in [-0.2, 0) is 16.2 Å². The molecule has 1 aliphatic heterocycles. The van der Waals surface area contributed by atoms with Crippen LogP contribution in [0.1, 0.15) is 78.0 Å². The number of anilines is 2. The topological polar surface area (TPSA) is 30.1 Å². The van der Waals surface area contributed by atoms with Crippen LogP contribution in [0.3, 0.4) is 0 Å². The fourth-order valence-electron chi connectivity index (χ4n) is 11.4. The number of nitrogens with zero attached hydrogens (tertiary/aromatic N) is 1. The Morgan fingerprint density at radius 2 is 1.21 bits per heavy atom. The largest absolute Gasteiger partial charge is 0.455 e. The number of nitrogens with one attached hydrogen (secondary N) is 1. The average Bonchev–Trinajstić information content (AvgIpc) is 3.99. The number of furan rings is 1. The van der Waals surface area contributed by atoms with Gasteiger partial charge in [-0.2, -0.15) is 0 Å².